The Bertz CT molecular complexity index is 2030. The van der Waals surface area contributed by atoms with E-state index in [1.165, 1.54) is 87.9 Å². The molecule has 142 valence electrons. The summed E-state index contributed by atoms with van der Waals surface area (Å²) < 4.78 is 2.62. The van der Waals surface area contributed by atoms with E-state index in [2.05, 4.69) is 89.3 Å². The first-order chi connectivity index (χ1) is 15.9. The standard InChI is InChI=1S/C30H14BN/c1-2-6-15(7-3-1)22-14-23-19-10-5-9-18-20-13-12-17-16-8-4-11-21-24(22)27-30(23)32(28(18)19)29(20)26(17)31(27)25(16)21/h1-14H. The number of fused-ring (bicyclic) bond motifs is 4. The molecule has 0 aliphatic carbocycles. The number of hydrogen-bond donors (Lipinski definition) is 0. The predicted molar refractivity (Wildman–Crippen MR) is 136 cm³/mol. The van der Waals surface area contributed by atoms with Gasteiger partial charge in [0, 0.05) is 21.5 Å². The van der Waals surface area contributed by atoms with E-state index in [0.29, 0.717) is 6.71 Å². The van der Waals surface area contributed by atoms with Crippen molar-refractivity contribution in [3.8, 4) is 33.4 Å². The second-order valence-corrected chi connectivity index (χ2v) is 9.63. The summed E-state index contributed by atoms with van der Waals surface area (Å²) in [6.45, 7) is 0.373. The van der Waals surface area contributed by atoms with Crippen molar-refractivity contribution >= 4 is 61.2 Å². The molecular weight excluding hydrogens is 385 g/mol. The molecule has 7 aromatic rings. The molecule has 0 saturated heterocycles. The second kappa shape index (κ2) is 4.44. The van der Waals surface area contributed by atoms with Crippen LogP contribution < -0.4 is 16.4 Å². The molecule has 0 unspecified atom stereocenters. The van der Waals surface area contributed by atoms with Crippen LogP contribution in [0.3, 0.4) is 0 Å². The van der Waals surface area contributed by atoms with Crippen molar-refractivity contribution in [2.75, 3.05) is 0 Å². The van der Waals surface area contributed by atoms with Gasteiger partial charge in [0.2, 0.25) is 6.71 Å². The quantitative estimate of drug-likeness (QED) is 0.330. The average Bonchev–Trinajstić information content (AvgIpc) is 3.56. The number of aromatic nitrogens is 1. The Kier molecular flexibility index (Phi) is 2.07. The van der Waals surface area contributed by atoms with Crippen LogP contribution in [0.4, 0.5) is 0 Å². The maximum atomic E-state index is 2.62. The van der Waals surface area contributed by atoms with Crippen molar-refractivity contribution in [3.63, 3.8) is 0 Å². The van der Waals surface area contributed by atoms with E-state index in [0.717, 1.165) is 0 Å². The van der Waals surface area contributed by atoms with Crippen LogP contribution in [0.5, 0.6) is 0 Å². The van der Waals surface area contributed by atoms with Crippen molar-refractivity contribution in [2.24, 2.45) is 0 Å². The lowest BCUT2D eigenvalue weighted by Gasteiger charge is -2.20. The molecule has 0 bridgehead atoms. The summed E-state index contributed by atoms with van der Waals surface area (Å²) in [5, 5.41) is 5.59. The SMILES string of the molecule is c1ccc(-c2cc3c4cccc5c6ccc7c8c6n(c3c3c2-c2cccc-7c2B83)c54)cc1. The summed E-state index contributed by atoms with van der Waals surface area (Å²) in [6, 6.07) is 32.0. The monoisotopic (exact) mass is 399 g/mol. The third-order valence-electron chi connectivity index (χ3n) is 8.46. The topological polar surface area (TPSA) is 4.41 Å². The summed E-state index contributed by atoms with van der Waals surface area (Å²) in [5.74, 6) is 0. The van der Waals surface area contributed by atoms with E-state index in [1.54, 1.807) is 0 Å². The Labute approximate surface area is 183 Å². The van der Waals surface area contributed by atoms with Crippen molar-refractivity contribution in [2.45, 2.75) is 0 Å². The van der Waals surface area contributed by atoms with Crippen LogP contribution in [0.15, 0.2) is 84.9 Å². The lowest BCUT2D eigenvalue weighted by atomic mass is 9.40. The predicted octanol–water partition coefficient (Wildman–Crippen LogP) is 5.29. The van der Waals surface area contributed by atoms with E-state index >= 15 is 0 Å². The molecule has 0 fully saturated rings. The number of rotatable bonds is 1. The number of benzene rings is 5. The Morgan fingerprint density at radius 3 is 2.09 bits per heavy atom. The van der Waals surface area contributed by atoms with Gasteiger partial charge in [-0.25, -0.2) is 0 Å². The Morgan fingerprint density at radius 2 is 1.19 bits per heavy atom. The minimum absolute atomic E-state index is 0.373. The fourth-order valence-corrected chi connectivity index (χ4v) is 7.47. The van der Waals surface area contributed by atoms with Gasteiger partial charge in [0.25, 0.3) is 0 Å². The molecule has 0 radical (unpaired) electrons. The first-order valence-corrected chi connectivity index (χ1v) is 11.4. The van der Waals surface area contributed by atoms with Gasteiger partial charge in [0.1, 0.15) is 0 Å². The summed E-state index contributed by atoms with van der Waals surface area (Å²) in [4.78, 5) is 0. The van der Waals surface area contributed by atoms with Crippen LogP contribution in [-0.4, -0.2) is 11.1 Å². The average molecular weight is 399 g/mol. The van der Waals surface area contributed by atoms with Crippen LogP contribution >= 0.6 is 0 Å². The van der Waals surface area contributed by atoms with Gasteiger partial charge in [0.15, 0.2) is 0 Å². The molecule has 0 N–H and O–H groups in total. The molecule has 5 aromatic carbocycles. The van der Waals surface area contributed by atoms with Crippen molar-refractivity contribution in [1.82, 2.24) is 4.40 Å². The zero-order valence-electron chi connectivity index (χ0n) is 17.1. The van der Waals surface area contributed by atoms with E-state index < -0.39 is 0 Å². The molecule has 5 heterocycles. The maximum Gasteiger partial charge on any atom is 0.249 e. The number of para-hydroxylation sites is 1. The van der Waals surface area contributed by atoms with Crippen molar-refractivity contribution in [3.05, 3.63) is 84.9 Å². The molecule has 0 amide bonds. The lowest BCUT2D eigenvalue weighted by Crippen LogP contribution is -2.48. The molecule has 2 aromatic heterocycles. The van der Waals surface area contributed by atoms with Crippen LogP contribution in [0.25, 0.3) is 71.5 Å². The molecule has 0 atom stereocenters. The third-order valence-corrected chi connectivity index (χ3v) is 8.46. The fourth-order valence-electron chi connectivity index (χ4n) is 7.47. The zero-order valence-corrected chi connectivity index (χ0v) is 17.1. The summed E-state index contributed by atoms with van der Waals surface area (Å²) in [5.41, 5.74) is 17.4. The fraction of sp³-hybridized carbons (Fsp3) is 0. The van der Waals surface area contributed by atoms with Gasteiger partial charge in [-0.2, -0.15) is 0 Å². The highest BCUT2D eigenvalue weighted by Crippen LogP contribution is 2.48. The third kappa shape index (κ3) is 1.27. The summed E-state index contributed by atoms with van der Waals surface area (Å²) >= 11 is 0. The van der Waals surface area contributed by atoms with Gasteiger partial charge in [-0.05, 0) is 50.4 Å². The first-order valence-electron chi connectivity index (χ1n) is 11.4. The largest absolute Gasteiger partial charge is 0.309 e. The Balaban J connectivity index is 1.61. The summed E-state index contributed by atoms with van der Waals surface area (Å²) in [7, 11) is 0. The molecule has 2 heteroatoms. The molecule has 3 aliphatic rings. The molecule has 10 rings (SSSR count). The normalized spacial score (nSPS) is 14.2. The molecule has 1 nitrogen and oxygen atoms in total. The van der Waals surface area contributed by atoms with E-state index in [-0.39, 0.29) is 0 Å². The minimum Gasteiger partial charge on any atom is -0.309 e. The Morgan fingerprint density at radius 1 is 0.469 bits per heavy atom. The van der Waals surface area contributed by atoms with Gasteiger partial charge in [-0.3, -0.25) is 0 Å². The maximum absolute atomic E-state index is 2.62. The highest BCUT2D eigenvalue weighted by atomic mass is 14.9. The molecule has 0 spiro atoms. The van der Waals surface area contributed by atoms with E-state index in [4.69, 9.17) is 0 Å². The lowest BCUT2D eigenvalue weighted by molar-refractivity contribution is 1.38. The summed E-state index contributed by atoms with van der Waals surface area (Å²) in [6.07, 6.45) is 0. The second-order valence-electron chi connectivity index (χ2n) is 9.63. The van der Waals surface area contributed by atoms with Gasteiger partial charge >= 0.3 is 0 Å². The van der Waals surface area contributed by atoms with Crippen molar-refractivity contribution < 1.29 is 0 Å². The van der Waals surface area contributed by atoms with Crippen molar-refractivity contribution in [1.29, 1.82) is 0 Å². The zero-order chi connectivity index (χ0) is 20.3. The first kappa shape index (κ1) is 14.9. The molecule has 3 aliphatic heterocycles. The van der Waals surface area contributed by atoms with Gasteiger partial charge < -0.3 is 4.40 Å². The molecular formula is C30H14BN. The number of hydrogen-bond acceptors (Lipinski definition) is 0. The minimum atomic E-state index is 0.373. The van der Waals surface area contributed by atoms with E-state index in [9.17, 15) is 0 Å². The van der Waals surface area contributed by atoms with Crippen LogP contribution in [0, 0.1) is 0 Å². The molecule has 32 heavy (non-hydrogen) atoms. The molecule has 0 saturated carbocycles. The van der Waals surface area contributed by atoms with Crippen LogP contribution in [0.1, 0.15) is 0 Å². The van der Waals surface area contributed by atoms with Gasteiger partial charge in [-0.15, -0.1) is 0 Å². The number of nitrogens with zero attached hydrogens (tertiary/aromatic N) is 1. The smallest absolute Gasteiger partial charge is 0.249 e. The van der Waals surface area contributed by atoms with Crippen LogP contribution in [0.2, 0.25) is 0 Å². The van der Waals surface area contributed by atoms with Crippen LogP contribution in [-0.2, 0) is 0 Å². The van der Waals surface area contributed by atoms with E-state index in [1.807, 2.05) is 0 Å². The highest BCUT2D eigenvalue weighted by Gasteiger charge is 2.48. The highest BCUT2D eigenvalue weighted by molar-refractivity contribution is 7.05. The van der Waals surface area contributed by atoms with Gasteiger partial charge in [-0.1, -0.05) is 84.3 Å². The Hall–Kier alpha value is -4.04. The van der Waals surface area contributed by atoms with Gasteiger partial charge in [0.05, 0.1) is 16.6 Å².